The van der Waals surface area contributed by atoms with Crippen LogP contribution in [0.25, 0.3) is 0 Å². The van der Waals surface area contributed by atoms with E-state index in [0.29, 0.717) is 24.2 Å². The second kappa shape index (κ2) is 8.65. The summed E-state index contributed by atoms with van der Waals surface area (Å²) in [7, 11) is 0. The van der Waals surface area contributed by atoms with E-state index >= 15 is 0 Å². The largest absolute Gasteiger partial charge is 0.446 e. The maximum Gasteiger partial charge on any atom is 0.446 e. The zero-order valence-electron chi connectivity index (χ0n) is 10.8. The minimum atomic E-state index is -4.24. The van der Waals surface area contributed by atoms with Gasteiger partial charge >= 0.3 is 5.51 Å². The highest BCUT2D eigenvalue weighted by molar-refractivity contribution is 8.00. The number of carbonyl (C=O) groups is 1. The van der Waals surface area contributed by atoms with Gasteiger partial charge in [-0.15, -0.1) is 6.42 Å². The van der Waals surface area contributed by atoms with Gasteiger partial charge in [0.2, 0.25) is 0 Å². The maximum absolute atomic E-state index is 11.8. The second-order valence-corrected chi connectivity index (χ2v) is 4.60. The van der Waals surface area contributed by atoms with Crippen molar-refractivity contribution in [2.24, 2.45) is 0 Å². The molecular formula is C14H15F3OS. The van der Waals surface area contributed by atoms with Gasteiger partial charge < -0.3 is 0 Å². The minimum Gasteiger partial charge on any atom is -0.300 e. The van der Waals surface area contributed by atoms with Crippen LogP contribution in [0.15, 0.2) is 29.2 Å². The number of terminal acetylenes is 1. The van der Waals surface area contributed by atoms with Crippen molar-refractivity contribution in [3.8, 4) is 12.3 Å². The van der Waals surface area contributed by atoms with Gasteiger partial charge in [0, 0.05) is 23.3 Å². The van der Waals surface area contributed by atoms with Crippen LogP contribution in [0.3, 0.4) is 0 Å². The van der Waals surface area contributed by atoms with Crippen molar-refractivity contribution >= 4 is 17.5 Å². The van der Waals surface area contributed by atoms with Crippen LogP contribution < -0.4 is 0 Å². The molecule has 1 nitrogen and oxygen atoms in total. The fraction of sp³-hybridized carbons (Fsp3) is 0.357. The smallest absolute Gasteiger partial charge is 0.300 e. The van der Waals surface area contributed by atoms with Gasteiger partial charge in [0.1, 0.15) is 5.78 Å². The first-order chi connectivity index (χ1) is 8.82. The molecule has 0 aromatic heterocycles. The van der Waals surface area contributed by atoms with Gasteiger partial charge in [-0.3, -0.25) is 4.79 Å². The SMILES string of the molecule is C#Cc1ccc(SC(F)(F)F)cc1.CCC(=O)CC. The number of ketones is 1. The van der Waals surface area contributed by atoms with Crippen LogP contribution in [-0.4, -0.2) is 11.3 Å². The summed E-state index contributed by atoms with van der Waals surface area (Å²) in [5, 5.41) is 0. The number of alkyl halides is 3. The molecule has 0 saturated carbocycles. The van der Waals surface area contributed by atoms with Gasteiger partial charge in [0.25, 0.3) is 0 Å². The first-order valence-corrected chi connectivity index (χ1v) is 6.48. The molecule has 0 aliphatic carbocycles. The molecule has 104 valence electrons. The molecule has 0 N–H and O–H groups in total. The van der Waals surface area contributed by atoms with Crippen LogP contribution in [-0.2, 0) is 4.79 Å². The average molecular weight is 288 g/mol. The summed E-state index contributed by atoms with van der Waals surface area (Å²) < 4.78 is 35.5. The highest BCUT2D eigenvalue weighted by Gasteiger charge is 2.28. The molecule has 0 bridgehead atoms. The van der Waals surface area contributed by atoms with Gasteiger partial charge in [-0.25, -0.2) is 0 Å². The van der Waals surface area contributed by atoms with Gasteiger partial charge in [0.15, 0.2) is 0 Å². The Labute approximate surface area is 115 Å². The predicted octanol–water partition coefficient (Wildman–Crippen LogP) is 4.66. The van der Waals surface area contributed by atoms with Crippen molar-refractivity contribution in [3.63, 3.8) is 0 Å². The Morgan fingerprint density at radius 2 is 1.68 bits per heavy atom. The summed E-state index contributed by atoms with van der Waals surface area (Å²) in [5.74, 6) is 2.67. The van der Waals surface area contributed by atoms with Crippen molar-refractivity contribution in [2.75, 3.05) is 0 Å². The molecule has 0 heterocycles. The standard InChI is InChI=1S/C9H5F3S.C5H10O/c1-2-7-3-5-8(6-4-7)13-9(10,11)12;1-3-5(6)4-2/h1,3-6H;3-4H2,1-2H3. The van der Waals surface area contributed by atoms with E-state index in [1.54, 1.807) is 0 Å². The molecule has 1 aromatic rings. The third-order valence-corrected chi connectivity index (χ3v) is 2.78. The van der Waals surface area contributed by atoms with E-state index in [1.165, 1.54) is 24.3 Å². The topological polar surface area (TPSA) is 17.1 Å². The van der Waals surface area contributed by atoms with E-state index in [-0.39, 0.29) is 16.7 Å². The normalized spacial score (nSPS) is 10.1. The van der Waals surface area contributed by atoms with Crippen LogP contribution in [0.4, 0.5) is 13.2 Å². The van der Waals surface area contributed by atoms with Crippen molar-refractivity contribution in [2.45, 2.75) is 37.1 Å². The zero-order chi connectivity index (χ0) is 14.9. The van der Waals surface area contributed by atoms with Gasteiger partial charge in [-0.1, -0.05) is 19.8 Å². The van der Waals surface area contributed by atoms with E-state index in [2.05, 4.69) is 5.92 Å². The Morgan fingerprint density at radius 3 is 1.95 bits per heavy atom. The van der Waals surface area contributed by atoms with Crippen molar-refractivity contribution < 1.29 is 18.0 Å². The summed E-state index contributed by atoms with van der Waals surface area (Å²) in [5.41, 5.74) is -3.66. The predicted molar refractivity (Wildman–Crippen MR) is 71.9 cm³/mol. The lowest BCUT2D eigenvalue weighted by atomic mass is 10.2. The number of Topliss-reactive ketones (excluding diaryl/α,β-unsaturated/α-hetero) is 1. The van der Waals surface area contributed by atoms with Crippen molar-refractivity contribution in [3.05, 3.63) is 29.8 Å². The van der Waals surface area contributed by atoms with Gasteiger partial charge in [-0.05, 0) is 36.0 Å². The third kappa shape index (κ3) is 9.20. The van der Waals surface area contributed by atoms with Crippen LogP contribution in [0.5, 0.6) is 0 Å². The Balaban J connectivity index is 0.000000459. The lowest BCUT2D eigenvalue weighted by Gasteiger charge is -2.04. The zero-order valence-corrected chi connectivity index (χ0v) is 11.6. The molecule has 0 unspecified atom stereocenters. The molecule has 0 saturated heterocycles. The molecule has 5 heteroatoms. The minimum absolute atomic E-state index is 0.145. The quantitative estimate of drug-likeness (QED) is 0.594. The molecule has 0 fully saturated rings. The fourth-order valence-electron chi connectivity index (χ4n) is 1.00. The Bertz CT molecular complexity index is 423. The molecule has 1 aromatic carbocycles. The van der Waals surface area contributed by atoms with Crippen LogP contribution in [0.2, 0.25) is 0 Å². The summed E-state index contributed by atoms with van der Waals surface area (Å²) >= 11 is -0.149. The Kier molecular flexibility index (Phi) is 8.01. The molecule has 0 aliphatic heterocycles. The molecule has 0 amide bonds. The van der Waals surface area contributed by atoms with E-state index < -0.39 is 5.51 Å². The number of carbonyl (C=O) groups excluding carboxylic acids is 1. The molecular weight excluding hydrogens is 273 g/mol. The molecule has 0 radical (unpaired) electrons. The van der Waals surface area contributed by atoms with Crippen LogP contribution in [0, 0.1) is 12.3 Å². The number of benzene rings is 1. The first-order valence-electron chi connectivity index (χ1n) is 5.66. The van der Waals surface area contributed by atoms with Gasteiger partial charge in [0.05, 0.1) is 0 Å². The highest BCUT2D eigenvalue weighted by atomic mass is 32.2. The van der Waals surface area contributed by atoms with E-state index in [4.69, 9.17) is 6.42 Å². The summed E-state index contributed by atoms with van der Waals surface area (Å²) in [6.45, 7) is 3.76. The third-order valence-electron chi connectivity index (χ3n) is 2.04. The summed E-state index contributed by atoms with van der Waals surface area (Å²) in [6, 6.07) is 5.67. The van der Waals surface area contributed by atoms with Crippen molar-refractivity contribution in [1.82, 2.24) is 0 Å². The average Bonchev–Trinajstić information content (AvgIpc) is 2.37. The number of halogens is 3. The Hall–Kier alpha value is -1.41. The number of hydrogen-bond donors (Lipinski definition) is 0. The van der Waals surface area contributed by atoms with Crippen LogP contribution in [0.1, 0.15) is 32.3 Å². The lowest BCUT2D eigenvalue weighted by molar-refractivity contribution is -0.118. The summed E-state index contributed by atoms with van der Waals surface area (Å²) in [6.07, 6.45) is 6.43. The maximum atomic E-state index is 11.8. The van der Waals surface area contributed by atoms with E-state index in [0.717, 1.165) is 0 Å². The molecule has 0 spiro atoms. The first kappa shape index (κ1) is 17.6. The molecule has 0 aliphatic rings. The Morgan fingerprint density at radius 1 is 1.21 bits per heavy atom. The van der Waals surface area contributed by atoms with Gasteiger partial charge in [-0.2, -0.15) is 13.2 Å². The van der Waals surface area contributed by atoms with E-state index in [1.807, 2.05) is 13.8 Å². The van der Waals surface area contributed by atoms with Crippen molar-refractivity contribution in [1.29, 1.82) is 0 Å². The second-order valence-electron chi connectivity index (χ2n) is 3.46. The number of rotatable bonds is 3. The molecule has 0 atom stereocenters. The molecule has 1 rings (SSSR count). The van der Waals surface area contributed by atoms with E-state index in [9.17, 15) is 18.0 Å². The molecule has 19 heavy (non-hydrogen) atoms. The number of thioether (sulfide) groups is 1. The highest BCUT2D eigenvalue weighted by Crippen LogP contribution is 2.36. The summed E-state index contributed by atoms with van der Waals surface area (Å²) in [4.78, 5) is 10.3. The lowest BCUT2D eigenvalue weighted by Crippen LogP contribution is -1.98. The monoisotopic (exact) mass is 288 g/mol. The number of hydrogen-bond acceptors (Lipinski definition) is 2. The van der Waals surface area contributed by atoms with Crippen LogP contribution >= 0.6 is 11.8 Å². The fourth-order valence-corrected chi connectivity index (χ4v) is 1.54.